The normalized spacial score (nSPS) is 12.1. The predicted octanol–water partition coefficient (Wildman–Crippen LogP) is 2.10. The fourth-order valence-electron chi connectivity index (χ4n) is 2.48. The first-order chi connectivity index (χ1) is 13.1. The molecule has 142 valence electrons. The molecule has 0 unspecified atom stereocenters. The van der Waals surface area contributed by atoms with Gasteiger partial charge in [0.05, 0.1) is 36.1 Å². The summed E-state index contributed by atoms with van der Waals surface area (Å²) in [4.78, 5) is 27.1. The maximum Gasteiger partial charge on any atom is 0.318 e. The van der Waals surface area contributed by atoms with Gasteiger partial charge in [-0.05, 0) is 19.1 Å². The van der Waals surface area contributed by atoms with Gasteiger partial charge >= 0.3 is 6.03 Å². The number of hydrogen-bond acceptors (Lipinski definition) is 7. The lowest BCUT2D eigenvalue weighted by Crippen LogP contribution is -2.38. The number of nitrogens with one attached hydrogen (secondary N) is 1. The quantitative estimate of drug-likeness (QED) is 0.679. The van der Waals surface area contributed by atoms with Gasteiger partial charge in [-0.2, -0.15) is 4.98 Å². The van der Waals surface area contributed by atoms with E-state index in [9.17, 15) is 4.79 Å². The average molecular weight is 370 g/mol. The number of amides is 2. The number of hydrogen-bond donors (Lipinski definition) is 1. The highest BCUT2D eigenvalue weighted by atomic mass is 16.5. The highest BCUT2D eigenvalue weighted by Gasteiger charge is 2.19. The second-order valence-corrected chi connectivity index (χ2v) is 6.17. The van der Waals surface area contributed by atoms with Gasteiger partial charge in [0.15, 0.2) is 5.82 Å². The number of ether oxygens (including phenoxy) is 1. The largest absolute Gasteiger partial charge is 0.384 e. The van der Waals surface area contributed by atoms with E-state index in [1.54, 1.807) is 27.3 Å². The van der Waals surface area contributed by atoms with E-state index in [0.29, 0.717) is 37.0 Å². The lowest BCUT2D eigenvalue weighted by Gasteiger charge is -2.19. The second-order valence-electron chi connectivity index (χ2n) is 6.17. The molecule has 2 heterocycles. The van der Waals surface area contributed by atoms with Crippen LogP contribution < -0.4 is 5.32 Å². The molecule has 0 spiro atoms. The molecule has 1 atom stereocenters. The van der Waals surface area contributed by atoms with E-state index in [4.69, 9.17) is 9.26 Å². The lowest BCUT2D eigenvalue weighted by molar-refractivity contribution is 0.198. The third-order valence-corrected chi connectivity index (χ3v) is 3.97. The van der Waals surface area contributed by atoms with Crippen LogP contribution in [0.15, 0.2) is 35.0 Å². The van der Waals surface area contributed by atoms with Gasteiger partial charge in [-0.15, -0.1) is 0 Å². The van der Waals surface area contributed by atoms with E-state index in [1.165, 1.54) is 4.90 Å². The van der Waals surface area contributed by atoms with Crippen molar-refractivity contribution in [2.24, 2.45) is 0 Å². The van der Waals surface area contributed by atoms with Crippen molar-refractivity contribution in [2.75, 3.05) is 20.8 Å². The summed E-state index contributed by atoms with van der Waals surface area (Å²) >= 11 is 0. The van der Waals surface area contributed by atoms with Gasteiger partial charge in [-0.1, -0.05) is 17.3 Å². The third kappa shape index (κ3) is 4.76. The van der Waals surface area contributed by atoms with Crippen LogP contribution in [0.3, 0.4) is 0 Å². The number of rotatable bonds is 7. The monoisotopic (exact) mass is 370 g/mol. The molecule has 0 aliphatic rings. The molecular weight excluding hydrogens is 348 g/mol. The van der Waals surface area contributed by atoms with Crippen molar-refractivity contribution >= 4 is 17.1 Å². The van der Waals surface area contributed by atoms with Crippen LogP contribution in [0.25, 0.3) is 11.0 Å². The van der Waals surface area contributed by atoms with Crippen molar-refractivity contribution in [2.45, 2.75) is 25.9 Å². The molecule has 0 bridgehead atoms. The van der Waals surface area contributed by atoms with Crippen LogP contribution in [-0.2, 0) is 17.7 Å². The minimum atomic E-state index is -0.411. The zero-order chi connectivity index (χ0) is 19.2. The molecule has 27 heavy (non-hydrogen) atoms. The molecule has 1 aromatic carbocycles. The van der Waals surface area contributed by atoms with Crippen LogP contribution in [0, 0.1) is 0 Å². The first-order valence-electron chi connectivity index (χ1n) is 8.60. The van der Waals surface area contributed by atoms with E-state index in [-0.39, 0.29) is 6.03 Å². The molecule has 2 aromatic heterocycles. The van der Waals surface area contributed by atoms with Crippen LogP contribution in [0.1, 0.15) is 30.4 Å². The molecule has 1 N–H and O–H groups in total. The van der Waals surface area contributed by atoms with Crippen LogP contribution in [0.5, 0.6) is 0 Å². The summed E-state index contributed by atoms with van der Waals surface area (Å²) in [6.45, 7) is 2.63. The van der Waals surface area contributed by atoms with Gasteiger partial charge in [-0.25, -0.2) is 9.78 Å². The molecule has 0 saturated heterocycles. The number of nitrogens with zero attached hydrogens (tertiary/aromatic N) is 5. The van der Waals surface area contributed by atoms with Crippen LogP contribution in [-0.4, -0.2) is 51.8 Å². The summed E-state index contributed by atoms with van der Waals surface area (Å²) in [7, 11) is 3.30. The Bertz CT molecular complexity index is 913. The molecular formula is C18H22N6O3. The Labute approximate surface area is 156 Å². The van der Waals surface area contributed by atoms with E-state index >= 15 is 0 Å². The number of fused-ring (bicyclic) bond motifs is 1. The van der Waals surface area contributed by atoms with Crippen molar-refractivity contribution in [1.82, 2.24) is 30.3 Å². The minimum Gasteiger partial charge on any atom is -0.384 e. The number of urea groups is 1. The Morgan fingerprint density at radius 3 is 2.85 bits per heavy atom. The zero-order valence-electron chi connectivity index (χ0n) is 15.5. The molecule has 2 amide bonds. The first-order valence-corrected chi connectivity index (χ1v) is 8.60. The Balaban J connectivity index is 1.58. The molecule has 3 aromatic rings. The standard InChI is InChI=1S/C18H22N6O3/c1-12(17-22-16(23-27-17)8-9-26-3)20-18(25)24(2)11-13-10-19-14-6-4-5-7-15(14)21-13/h4-7,10,12H,8-9,11H2,1-3H3,(H,20,25)/t12-/m1/s1. The molecule has 0 saturated carbocycles. The lowest BCUT2D eigenvalue weighted by atomic mass is 10.3. The van der Waals surface area contributed by atoms with Crippen molar-refractivity contribution in [3.63, 3.8) is 0 Å². The number of para-hydroxylation sites is 2. The Morgan fingerprint density at radius 2 is 2.07 bits per heavy atom. The summed E-state index contributed by atoms with van der Waals surface area (Å²) < 4.78 is 10.2. The molecule has 0 fully saturated rings. The highest BCUT2D eigenvalue weighted by molar-refractivity contribution is 5.75. The maximum absolute atomic E-state index is 12.4. The predicted molar refractivity (Wildman–Crippen MR) is 97.8 cm³/mol. The number of methoxy groups -OCH3 is 1. The summed E-state index contributed by atoms with van der Waals surface area (Å²) in [6.07, 6.45) is 2.23. The van der Waals surface area contributed by atoms with Gasteiger partial charge in [0.2, 0.25) is 5.89 Å². The molecule has 9 nitrogen and oxygen atoms in total. The average Bonchev–Trinajstić information content (AvgIpc) is 3.15. The summed E-state index contributed by atoms with van der Waals surface area (Å²) in [5, 5.41) is 6.71. The fraction of sp³-hybridized carbons (Fsp3) is 0.389. The van der Waals surface area contributed by atoms with Gasteiger partial charge in [-0.3, -0.25) is 4.98 Å². The topological polar surface area (TPSA) is 106 Å². The number of benzene rings is 1. The van der Waals surface area contributed by atoms with Crippen LogP contribution in [0.4, 0.5) is 4.79 Å². The Kier molecular flexibility index (Phi) is 5.92. The number of carbonyl (C=O) groups is 1. The van der Waals surface area contributed by atoms with Crippen molar-refractivity contribution < 1.29 is 14.1 Å². The third-order valence-electron chi connectivity index (χ3n) is 3.97. The first kappa shape index (κ1) is 18.7. The fourth-order valence-corrected chi connectivity index (χ4v) is 2.48. The van der Waals surface area contributed by atoms with E-state index in [2.05, 4.69) is 25.4 Å². The molecule has 0 aliphatic heterocycles. The number of carbonyl (C=O) groups excluding carboxylic acids is 1. The molecule has 0 radical (unpaired) electrons. The SMILES string of the molecule is COCCc1noc([C@@H](C)NC(=O)N(C)Cc2cnc3ccccc3n2)n1. The van der Waals surface area contributed by atoms with E-state index in [0.717, 1.165) is 11.0 Å². The van der Waals surface area contributed by atoms with E-state index in [1.807, 2.05) is 24.3 Å². The molecule has 9 heteroatoms. The maximum atomic E-state index is 12.4. The minimum absolute atomic E-state index is 0.269. The molecule has 3 rings (SSSR count). The van der Waals surface area contributed by atoms with Gasteiger partial charge in [0.25, 0.3) is 0 Å². The van der Waals surface area contributed by atoms with E-state index < -0.39 is 6.04 Å². The Morgan fingerprint density at radius 1 is 1.30 bits per heavy atom. The van der Waals surface area contributed by atoms with Crippen LogP contribution >= 0.6 is 0 Å². The van der Waals surface area contributed by atoms with Crippen LogP contribution in [0.2, 0.25) is 0 Å². The number of aromatic nitrogens is 4. The zero-order valence-corrected chi connectivity index (χ0v) is 15.5. The second kappa shape index (κ2) is 8.54. The summed E-state index contributed by atoms with van der Waals surface area (Å²) in [6, 6.07) is 6.93. The van der Waals surface area contributed by atoms with Crippen molar-refractivity contribution in [1.29, 1.82) is 0 Å². The van der Waals surface area contributed by atoms with Gasteiger partial charge in [0, 0.05) is 20.6 Å². The smallest absolute Gasteiger partial charge is 0.318 e. The van der Waals surface area contributed by atoms with Gasteiger partial charge in [0.1, 0.15) is 6.04 Å². The highest BCUT2D eigenvalue weighted by Crippen LogP contribution is 2.12. The summed E-state index contributed by atoms with van der Waals surface area (Å²) in [5.74, 6) is 0.904. The van der Waals surface area contributed by atoms with Crippen molar-refractivity contribution in [3.05, 3.63) is 47.9 Å². The van der Waals surface area contributed by atoms with Crippen molar-refractivity contribution in [3.8, 4) is 0 Å². The Hall–Kier alpha value is -3.07. The molecule has 0 aliphatic carbocycles. The summed E-state index contributed by atoms with van der Waals surface area (Å²) in [5.41, 5.74) is 2.33. The van der Waals surface area contributed by atoms with Gasteiger partial charge < -0.3 is 19.5 Å².